The van der Waals surface area contributed by atoms with Crippen LogP contribution < -0.4 is 4.57 Å². The third kappa shape index (κ3) is 3.56. The summed E-state index contributed by atoms with van der Waals surface area (Å²) in [7, 11) is 0. The normalized spacial score (nSPS) is 10.7. The summed E-state index contributed by atoms with van der Waals surface area (Å²) in [6.45, 7) is 0.220. The van der Waals surface area contributed by atoms with Crippen LogP contribution in [0, 0.1) is 0 Å². The Hall–Kier alpha value is -2.42. The number of rotatable bonds is 4. The Morgan fingerprint density at radius 2 is 1.94 bits per heavy atom. The van der Waals surface area contributed by atoms with Gasteiger partial charge in [-0.2, -0.15) is 4.57 Å². The summed E-state index contributed by atoms with van der Waals surface area (Å²) < 4.78 is 1.65. The van der Waals surface area contributed by atoms with E-state index in [-0.39, 0.29) is 18.1 Å². The number of ketones is 1. The van der Waals surface area contributed by atoms with Gasteiger partial charge in [-0.05, 0) is 17.7 Å². The van der Waals surface area contributed by atoms with Crippen molar-refractivity contribution in [3.63, 3.8) is 0 Å². The predicted molar refractivity (Wildman–Crippen MR) is 68.8 cm³/mol. The van der Waals surface area contributed by atoms with Crippen molar-refractivity contribution < 1.29 is 14.5 Å². The first kappa shape index (κ1) is 12.0. The second-order valence-corrected chi connectivity index (χ2v) is 3.94. The van der Waals surface area contributed by atoms with E-state index < -0.39 is 0 Å². The molecule has 0 aliphatic carbocycles. The van der Waals surface area contributed by atoms with Gasteiger partial charge < -0.3 is 5.11 Å². The molecule has 0 saturated carbocycles. The Morgan fingerprint density at radius 3 is 2.67 bits per heavy atom. The largest absolute Gasteiger partial charge is 0.503 e. The zero-order chi connectivity index (χ0) is 12.8. The van der Waals surface area contributed by atoms with Gasteiger partial charge in [0.15, 0.2) is 11.9 Å². The van der Waals surface area contributed by atoms with Gasteiger partial charge in [0.2, 0.25) is 18.5 Å². The van der Waals surface area contributed by atoms with E-state index in [4.69, 9.17) is 0 Å². The minimum absolute atomic E-state index is 0.0190. The molecule has 1 aromatic carbocycles. The average molecular weight is 240 g/mol. The van der Waals surface area contributed by atoms with E-state index in [1.807, 2.05) is 30.3 Å². The van der Waals surface area contributed by atoms with Crippen LogP contribution in [0.15, 0.2) is 60.9 Å². The predicted octanol–water partition coefficient (Wildman–Crippen LogP) is 1.96. The van der Waals surface area contributed by atoms with Crippen LogP contribution in [0.4, 0.5) is 0 Å². The SMILES string of the molecule is O=C(C=Cc1ccccc1)C[n+]1cccc(O)c1. The van der Waals surface area contributed by atoms with Crippen molar-refractivity contribution in [2.24, 2.45) is 0 Å². The van der Waals surface area contributed by atoms with Crippen molar-refractivity contribution in [2.75, 3.05) is 0 Å². The van der Waals surface area contributed by atoms with Crippen LogP contribution in [0.5, 0.6) is 5.75 Å². The molecule has 3 nitrogen and oxygen atoms in total. The van der Waals surface area contributed by atoms with Gasteiger partial charge in [0.1, 0.15) is 0 Å². The van der Waals surface area contributed by atoms with Crippen molar-refractivity contribution in [3.05, 3.63) is 66.5 Å². The summed E-state index contributed by atoms with van der Waals surface area (Å²) >= 11 is 0. The Morgan fingerprint density at radius 1 is 1.17 bits per heavy atom. The standard InChI is InChI=1S/C15H13NO2/c17-14-7-4-10-16(11-14)12-15(18)9-8-13-5-2-1-3-6-13/h1-11H,12H2/p+1. The first-order chi connectivity index (χ1) is 8.74. The molecule has 2 aromatic rings. The van der Waals surface area contributed by atoms with E-state index >= 15 is 0 Å². The first-order valence-electron chi connectivity index (χ1n) is 5.68. The molecule has 0 saturated heterocycles. The van der Waals surface area contributed by atoms with Crippen LogP contribution in [0.25, 0.3) is 6.08 Å². The van der Waals surface area contributed by atoms with Crippen LogP contribution in [0.3, 0.4) is 0 Å². The minimum Gasteiger partial charge on any atom is -0.503 e. The third-order valence-corrected chi connectivity index (χ3v) is 2.44. The number of hydrogen-bond acceptors (Lipinski definition) is 2. The second-order valence-electron chi connectivity index (χ2n) is 3.94. The van der Waals surface area contributed by atoms with Gasteiger partial charge >= 0.3 is 0 Å². The fourth-order valence-electron chi connectivity index (χ4n) is 1.59. The summed E-state index contributed by atoms with van der Waals surface area (Å²) in [6, 6.07) is 12.9. The van der Waals surface area contributed by atoms with Crippen LogP contribution >= 0.6 is 0 Å². The summed E-state index contributed by atoms with van der Waals surface area (Å²) in [5.74, 6) is 0.131. The van der Waals surface area contributed by atoms with Gasteiger partial charge in [-0.3, -0.25) is 4.79 Å². The topological polar surface area (TPSA) is 41.2 Å². The molecular weight excluding hydrogens is 226 g/mol. The summed E-state index contributed by atoms with van der Waals surface area (Å²) in [5, 5.41) is 9.28. The zero-order valence-electron chi connectivity index (χ0n) is 9.86. The van der Waals surface area contributed by atoms with Gasteiger partial charge in [0, 0.05) is 6.07 Å². The molecular formula is C15H14NO2+. The molecule has 1 aromatic heterocycles. The second kappa shape index (κ2) is 5.77. The summed E-state index contributed by atoms with van der Waals surface area (Å²) in [4.78, 5) is 11.7. The highest BCUT2D eigenvalue weighted by Crippen LogP contribution is 2.02. The molecule has 1 N–H and O–H groups in total. The Balaban J connectivity index is 1.99. The highest BCUT2D eigenvalue weighted by Gasteiger charge is 2.06. The maximum atomic E-state index is 11.7. The fraction of sp³-hybridized carbons (Fsp3) is 0.0667. The fourth-order valence-corrected chi connectivity index (χ4v) is 1.59. The maximum absolute atomic E-state index is 11.7. The number of carbonyl (C=O) groups excluding carboxylic acids is 1. The molecule has 90 valence electrons. The molecule has 0 amide bonds. The van der Waals surface area contributed by atoms with Crippen molar-refractivity contribution >= 4 is 11.9 Å². The summed E-state index contributed by atoms with van der Waals surface area (Å²) in [5.41, 5.74) is 0.992. The Kier molecular flexibility index (Phi) is 3.86. The van der Waals surface area contributed by atoms with Gasteiger partial charge in [0.05, 0.1) is 0 Å². The lowest BCUT2D eigenvalue weighted by Crippen LogP contribution is -2.36. The summed E-state index contributed by atoms with van der Waals surface area (Å²) in [6.07, 6.45) is 6.60. The van der Waals surface area contributed by atoms with Crippen LogP contribution in [-0.2, 0) is 11.3 Å². The van der Waals surface area contributed by atoms with E-state index in [1.54, 1.807) is 35.0 Å². The van der Waals surface area contributed by atoms with Crippen molar-refractivity contribution in [1.82, 2.24) is 0 Å². The lowest BCUT2D eigenvalue weighted by Gasteiger charge is -1.94. The molecule has 0 aliphatic heterocycles. The molecule has 0 fully saturated rings. The number of carbonyl (C=O) groups is 1. The molecule has 0 atom stereocenters. The number of aromatic hydroxyl groups is 1. The third-order valence-electron chi connectivity index (χ3n) is 2.44. The molecule has 0 bridgehead atoms. The number of allylic oxidation sites excluding steroid dienone is 1. The molecule has 2 rings (SSSR count). The number of hydrogen-bond donors (Lipinski definition) is 1. The quantitative estimate of drug-likeness (QED) is 0.655. The van der Waals surface area contributed by atoms with E-state index in [0.717, 1.165) is 5.56 Å². The van der Waals surface area contributed by atoms with Gasteiger partial charge in [-0.1, -0.05) is 36.4 Å². The lowest BCUT2D eigenvalue weighted by molar-refractivity contribution is -0.684. The Labute approximate surface area is 106 Å². The van der Waals surface area contributed by atoms with E-state index in [0.29, 0.717) is 0 Å². The smallest absolute Gasteiger partial charge is 0.220 e. The van der Waals surface area contributed by atoms with Crippen LogP contribution in [0.1, 0.15) is 5.56 Å². The number of benzene rings is 1. The number of pyridine rings is 1. The average Bonchev–Trinajstić information content (AvgIpc) is 2.38. The van der Waals surface area contributed by atoms with Gasteiger partial charge in [-0.25, -0.2) is 0 Å². The molecule has 0 aliphatic rings. The van der Waals surface area contributed by atoms with E-state index in [1.165, 1.54) is 6.20 Å². The van der Waals surface area contributed by atoms with Gasteiger partial charge in [0.25, 0.3) is 0 Å². The molecule has 0 spiro atoms. The Bertz CT molecular complexity index is 562. The first-order valence-corrected chi connectivity index (χ1v) is 5.68. The van der Waals surface area contributed by atoms with Gasteiger partial charge in [-0.15, -0.1) is 0 Å². The molecule has 3 heteroatoms. The van der Waals surface area contributed by atoms with Crippen LogP contribution in [0.2, 0.25) is 0 Å². The number of aromatic nitrogens is 1. The molecule has 18 heavy (non-hydrogen) atoms. The van der Waals surface area contributed by atoms with E-state index in [9.17, 15) is 9.90 Å². The molecule has 0 radical (unpaired) electrons. The molecule has 1 heterocycles. The molecule has 0 unspecified atom stereocenters. The monoisotopic (exact) mass is 240 g/mol. The minimum atomic E-state index is -0.0190. The van der Waals surface area contributed by atoms with Crippen molar-refractivity contribution in [2.45, 2.75) is 6.54 Å². The number of nitrogens with zero attached hydrogens (tertiary/aromatic N) is 1. The zero-order valence-corrected chi connectivity index (χ0v) is 9.86. The van der Waals surface area contributed by atoms with Crippen molar-refractivity contribution in [3.8, 4) is 5.75 Å². The van der Waals surface area contributed by atoms with E-state index in [2.05, 4.69) is 0 Å². The maximum Gasteiger partial charge on any atom is 0.220 e. The lowest BCUT2D eigenvalue weighted by atomic mass is 10.2. The highest BCUT2D eigenvalue weighted by molar-refractivity contribution is 5.92. The highest BCUT2D eigenvalue weighted by atomic mass is 16.3. The van der Waals surface area contributed by atoms with Crippen LogP contribution in [-0.4, -0.2) is 10.9 Å². The van der Waals surface area contributed by atoms with Crippen molar-refractivity contribution in [1.29, 1.82) is 0 Å².